The average molecular weight is 295 g/mol. The third-order valence-corrected chi connectivity index (χ3v) is 11.3. The van der Waals surface area contributed by atoms with Crippen molar-refractivity contribution in [2.75, 3.05) is 11.4 Å². The third kappa shape index (κ3) is 2.38. The summed E-state index contributed by atoms with van der Waals surface area (Å²) in [6, 6.07) is 0. The zero-order valence-electron chi connectivity index (χ0n) is 10.3. The SMILES string of the molecule is CO[CH2][Zr]([C]1=C(C)C=CC1)[C]1=C(C)C=CC1. The molecule has 0 saturated heterocycles. The molecule has 2 aliphatic rings. The van der Waals surface area contributed by atoms with Crippen molar-refractivity contribution in [1.82, 2.24) is 0 Å². The molecule has 0 aromatic carbocycles. The van der Waals surface area contributed by atoms with Crippen LogP contribution in [0, 0.1) is 0 Å². The molecule has 0 spiro atoms. The maximum atomic E-state index is 5.49. The van der Waals surface area contributed by atoms with Crippen LogP contribution in [0.5, 0.6) is 0 Å². The van der Waals surface area contributed by atoms with E-state index in [1.807, 2.05) is 7.11 Å². The molecule has 2 aliphatic carbocycles. The van der Waals surface area contributed by atoms with Gasteiger partial charge in [-0.3, -0.25) is 0 Å². The van der Waals surface area contributed by atoms with E-state index < -0.39 is 21.8 Å². The van der Waals surface area contributed by atoms with Crippen LogP contribution >= 0.6 is 0 Å². The molecular weight excluding hydrogens is 275 g/mol. The first kappa shape index (κ1) is 12.3. The van der Waals surface area contributed by atoms with Gasteiger partial charge in [0.1, 0.15) is 0 Å². The van der Waals surface area contributed by atoms with Crippen molar-refractivity contribution in [2.24, 2.45) is 0 Å². The van der Waals surface area contributed by atoms with Crippen LogP contribution in [0.3, 0.4) is 0 Å². The van der Waals surface area contributed by atoms with Crippen LogP contribution in [0.2, 0.25) is 0 Å². The van der Waals surface area contributed by atoms with E-state index in [0.717, 1.165) is 4.31 Å². The quantitative estimate of drug-likeness (QED) is 0.768. The molecule has 0 amide bonds. The second-order valence-electron chi connectivity index (χ2n) is 4.45. The standard InChI is InChI=1S/2C6H7.C2H5O.Zr/c2*1-6-4-2-3-5-6;1-3-2;/h2*2,4H,3H2,1H3;1H2,2H3;. The second-order valence-corrected chi connectivity index (χ2v) is 10.5. The van der Waals surface area contributed by atoms with Gasteiger partial charge in [-0.05, 0) is 0 Å². The maximum absolute atomic E-state index is 5.49. The van der Waals surface area contributed by atoms with Gasteiger partial charge in [0.2, 0.25) is 0 Å². The van der Waals surface area contributed by atoms with E-state index in [1.165, 1.54) is 24.0 Å². The van der Waals surface area contributed by atoms with Gasteiger partial charge in [0, 0.05) is 0 Å². The van der Waals surface area contributed by atoms with Crippen LogP contribution in [0.1, 0.15) is 26.7 Å². The van der Waals surface area contributed by atoms with E-state index in [-0.39, 0.29) is 0 Å². The normalized spacial score (nSPS) is 19.2. The Morgan fingerprint density at radius 1 is 1.06 bits per heavy atom. The summed E-state index contributed by atoms with van der Waals surface area (Å²) in [5.41, 5.74) is 3.03. The van der Waals surface area contributed by atoms with Crippen molar-refractivity contribution in [3.8, 4) is 0 Å². The molecule has 0 fully saturated rings. The van der Waals surface area contributed by atoms with Crippen LogP contribution < -0.4 is 0 Å². The first-order valence-electron chi connectivity index (χ1n) is 5.82. The van der Waals surface area contributed by atoms with E-state index in [2.05, 4.69) is 38.2 Å². The number of ether oxygens (including phenoxy) is 1. The summed E-state index contributed by atoms with van der Waals surface area (Å²) in [6.07, 6.45) is 11.5. The summed E-state index contributed by atoms with van der Waals surface area (Å²) in [4.78, 5) is 0. The molecule has 0 aliphatic heterocycles. The van der Waals surface area contributed by atoms with Gasteiger partial charge < -0.3 is 0 Å². The Kier molecular flexibility index (Phi) is 4.16. The van der Waals surface area contributed by atoms with E-state index in [9.17, 15) is 0 Å². The molecule has 0 N–H and O–H groups in total. The summed E-state index contributed by atoms with van der Waals surface area (Å²) in [5.74, 6) is 0. The molecule has 2 rings (SSSR count). The molecular formula is C14H19OZr. The van der Waals surface area contributed by atoms with Crippen molar-refractivity contribution >= 4 is 0 Å². The minimum atomic E-state index is -1.68. The van der Waals surface area contributed by atoms with Crippen molar-refractivity contribution in [2.45, 2.75) is 26.7 Å². The van der Waals surface area contributed by atoms with Gasteiger partial charge in [-0.15, -0.1) is 0 Å². The van der Waals surface area contributed by atoms with Gasteiger partial charge >= 0.3 is 107 Å². The predicted molar refractivity (Wildman–Crippen MR) is 64.8 cm³/mol. The molecule has 0 heterocycles. The zero-order chi connectivity index (χ0) is 11.5. The van der Waals surface area contributed by atoms with Crippen molar-refractivity contribution in [3.05, 3.63) is 42.0 Å². The fourth-order valence-corrected chi connectivity index (χ4v) is 9.46. The molecule has 2 heteroatoms. The molecule has 0 atom stereocenters. The second kappa shape index (κ2) is 5.42. The van der Waals surface area contributed by atoms with E-state index >= 15 is 0 Å². The summed E-state index contributed by atoms with van der Waals surface area (Å²) in [5, 5.41) is 0. The van der Waals surface area contributed by atoms with Gasteiger partial charge in [-0.25, -0.2) is 0 Å². The molecule has 0 bridgehead atoms. The van der Waals surface area contributed by atoms with Crippen LogP contribution in [-0.2, 0) is 26.5 Å². The van der Waals surface area contributed by atoms with E-state index in [1.54, 1.807) is 6.56 Å². The van der Waals surface area contributed by atoms with Crippen molar-refractivity contribution in [3.63, 3.8) is 0 Å². The Hall–Kier alpha value is -0.197. The fraction of sp³-hybridized carbons (Fsp3) is 0.429. The van der Waals surface area contributed by atoms with Crippen LogP contribution in [0.25, 0.3) is 0 Å². The molecule has 85 valence electrons. The Morgan fingerprint density at radius 2 is 1.56 bits per heavy atom. The van der Waals surface area contributed by atoms with E-state index in [0.29, 0.717) is 0 Å². The summed E-state index contributed by atoms with van der Waals surface area (Å²) >= 11 is -1.68. The Morgan fingerprint density at radius 3 is 1.88 bits per heavy atom. The number of hydrogen-bond donors (Lipinski definition) is 0. The van der Waals surface area contributed by atoms with Crippen LogP contribution in [0.4, 0.5) is 0 Å². The number of methoxy groups -OCH3 is 1. The summed E-state index contributed by atoms with van der Waals surface area (Å²) in [7, 11) is 1.84. The Labute approximate surface area is 106 Å². The van der Waals surface area contributed by atoms with Gasteiger partial charge in [-0.1, -0.05) is 0 Å². The Balaban J connectivity index is 2.25. The molecule has 0 aromatic heterocycles. The molecule has 0 saturated carbocycles. The number of allylic oxidation sites excluding steroid dienone is 8. The summed E-state index contributed by atoms with van der Waals surface area (Å²) in [6.45, 7) is 4.51. The topological polar surface area (TPSA) is 9.23 Å². The zero-order valence-corrected chi connectivity index (χ0v) is 12.8. The molecule has 1 nitrogen and oxygen atoms in total. The molecule has 16 heavy (non-hydrogen) atoms. The van der Waals surface area contributed by atoms with Gasteiger partial charge in [0.15, 0.2) is 0 Å². The molecule has 0 radical (unpaired) electrons. The average Bonchev–Trinajstić information content (AvgIpc) is 2.84. The predicted octanol–water partition coefficient (Wildman–Crippen LogP) is 3.68. The summed E-state index contributed by atoms with van der Waals surface area (Å²) < 4.78 is 9.97. The Bertz CT molecular complexity index is 363. The van der Waals surface area contributed by atoms with Crippen LogP contribution in [0.15, 0.2) is 42.0 Å². The van der Waals surface area contributed by atoms with Gasteiger partial charge in [0.05, 0.1) is 0 Å². The minimum absolute atomic E-state index is 1.00. The fourth-order valence-electron chi connectivity index (χ4n) is 2.45. The monoisotopic (exact) mass is 293 g/mol. The number of rotatable bonds is 4. The molecule has 0 aromatic rings. The van der Waals surface area contributed by atoms with Gasteiger partial charge in [-0.2, -0.15) is 0 Å². The van der Waals surface area contributed by atoms with Crippen molar-refractivity contribution in [1.29, 1.82) is 0 Å². The first-order valence-corrected chi connectivity index (χ1v) is 10.0. The number of hydrogen-bond acceptors (Lipinski definition) is 1. The first-order chi connectivity index (χ1) is 7.74. The van der Waals surface area contributed by atoms with Gasteiger partial charge in [0.25, 0.3) is 0 Å². The third-order valence-electron chi connectivity index (χ3n) is 3.35. The van der Waals surface area contributed by atoms with E-state index in [4.69, 9.17) is 4.74 Å². The van der Waals surface area contributed by atoms with Crippen molar-refractivity contribution < 1.29 is 26.5 Å². The molecule has 0 unspecified atom stereocenters. The van der Waals surface area contributed by atoms with Crippen LogP contribution in [-0.4, -0.2) is 11.4 Å².